The third kappa shape index (κ3) is 6.19. The standard InChI is InChI=1S/C28H20Cl2N4O6/c29-10-12-37-27(35)21-8-1-4-17(14-21)23-31-25(39-33-23)19-6-3-7-20(16-19)26-32-24(34-40-26)18-5-2-9-22(15-18)28(36)38-13-11-30/h1-9,14-16H,10-13H2. The van der Waals surface area contributed by atoms with Crippen molar-refractivity contribution < 1.29 is 28.1 Å². The van der Waals surface area contributed by atoms with Crippen LogP contribution in [0.5, 0.6) is 0 Å². The number of carbonyl (C=O) groups is 2. The fourth-order valence-corrected chi connectivity index (χ4v) is 3.86. The van der Waals surface area contributed by atoms with Crippen molar-refractivity contribution in [3.05, 3.63) is 83.9 Å². The number of hydrogen-bond donors (Lipinski definition) is 0. The highest BCUT2D eigenvalue weighted by molar-refractivity contribution is 6.18. The highest BCUT2D eigenvalue weighted by atomic mass is 35.5. The molecule has 0 unspecified atom stereocenters. The molecule has 10 nitrogen and oxygen atoms in total. The summed E-state index contributed by atoms with van der Waals surface area (Å²) in [6.07, 6.45) is 0. The maximum Gasteiger partial charge on any atom is 0.338 e. The Balaban J connectivity index is 1.35. The first-order chi connectivity index (χ1) is 19.6. The molecule has 0 spiro atoms. The summed E-state index contributed by atoms with van der Waals surface area (Å²) in [4.78, 5) is 33.3. The first kappa shape index (κ1) is 27.0. The molecule has 40 heavy (non-hydrogen) atoms. The second-order valence-electron chi connectivity index (χ2n) is 8.24. The van der Waals surface area contributed by atoms with Crippen molar-refractivity contribution >= 4 is 35.1 Å². The summed E-state index contributed by atoms with van der Waals surface area (Å²) < 4.78 is 21.1. The molecular formula is C28H20Cl2N4O6. The molecule has 0 fully saturated rings. The van der Waals surface area contributed by atoms with Gasteiger partial charge in [-0.2, -0.15) is 9.97 Å². The van der Waals surface area contributed by atoms with Crippen LogP contribution in [0.1, 0.15) is 20.7 Å². The lowest BCUT2D eigenvalue weighted by molar-refractivity contribution is 0.0520. The van der Waals surface area contributed by atoms with Crippen molar-refractivity contribution in [2.24, 2.45) is 0 Å². The third-order valence-electron chi connectivity index (χ3n) is 5.54. The zero-order valence-corrected chi connectivity index (χ0v) is 22.3. The third-order valence-corrected chi connectivity index (χ3v) is 5.85. The largest absolute Gasteiger partial charge is 0.461 e. The van der Waals surface area contributed by atoms with Crippen LogP contribution in [-0.4, -0.2) is 57.2 Å². The van der Waals surface area contributed by atoms with Gasteiger partial charge in [0.1, 0.15) is 13.2 Å². The van der Waals surface area contributed by atoms with Crippen molar-refractivity contribution in [1.82, 2.24) is 20.3 Å². The van der Waals surface area contributed by atoms with E-state index in [1.807, 2.05) is 0 Å². The topological polar surface area (TPSA) is 130 Å². The van der Waals surface area contributed by atoms with Gasteiger partial charge in [0.2, 0.25) is 11.6 Å². The van der Waals surface area contributed by atoms with Gasteiger partial charge in [0.15, 0.2) is 0 Å². The van der Waals surface area contributed by atoms with E-state index in [0.717, 1.165) is 0 Å². The van der Waals surface area contributed by atoms with Crippen molar-refractivity contribution in [2.75, 3.05) is 25.0 Å². The summed E-state index contributed by atoms with van der Waals surface area (Å²) >= 11 is 11.2. The Morgan fingerprint density at radius 3 is 1.50 bits per heavy atom. The van der Waals surface area contributed by atoms with Crippen LogP contribution in [0.2, 0.25) is 0 Å². The molecule has 0 aliphatic rings. The highest BCUT2D eigenvalue weighted by Gasteiger charge is 2.17. The van der Waals surface area contributed by atoms with Crippen LogP contribution in [0.15, 0.2) is 81.8 Å². The summed E-state index contributed by atoms with van der Waals surface area (Å²) in [6.45, 7) is 0.232. The van der Waals surface area contributed by atoms with Crippen LogP contribution >= 0.6 is 23.2 Å². The molecule has 3 aromatic carbocycles. The van der Waals surface area contributed by atoms with E-state index >= 15 is 0 Å². The summed E-state index contributed by atoms with van der Waals surface area (Å²) in [7, 11) is 0. The number of nitrogens with zero attached hydrogens (tertiary/aromatic N) is 4. The number of hydrogen-bond acceptors (Lipinski definition) is 10. The van der Waals surface area contributed by atoms with Crippen molar-refractivity contribution in [1.29, 1.82) is 0 Å². The van der Waals surface area contributed by atoms with Crippen LogP contribution in [0.25, 0.3) is 45.7 Å². The normalized spacial score (nSPS) is 10.8. The molecule has 0 saturated carbocycles. The fraction of sp³-hybridized carbons (Fsp3) is 0.143. The van der Waals surface area contributed by atoms with Gasteiger partial charge in [-0.25, -0.2) is 9.59 Å². The van der Waals surface area contributed by atoms with E-state index in [0.29, 0.717) is 45.0 Å². The lowest BCUT2D eigenvalue weighted by Gasteiger charge is -2.03. The fourth-order valence-electron chi connectivity index (χ4n) is 3.70. The van der Waals surface area contributed by atoms with Gasteiger partial charge in [0.05, 0.1) is 22.9 Å². The first-order valence-electron chi connectivity index (χ1n) is 12.0. The van der Waals surface area contributed by atoms with Crippen LogP contribution in [0.4, 0.5) is 0 Å². The number of carbonyl (C=O) groups excluding carboxylic acids is 2. The van der Waals surface area contributed by atoms with E-state index in [-0.39, 0.29) is 36.8 Å². The number of halogens is 2. The zero-order valence-electron chi connectivity index (χ0n) is 20.8. The monoisotopic (exact) mass is 578 g/mol. The molecule has 12 heteroatoms. The molecule has 0 aliphatic heterocycles. The van der Waals surface area contributed by atoms with E-state index < -0.39 is 11.9 Å². The maximum absolute atomic E-state index is 12.2. The molecule has 2 heterocycles. The van der Waals surface area contributed by atoms with Crippen LogP contribution in [0, 0.1) is 0 Å². The zero-order chi connectivity index (χ0) is 27.9. The molecular weight excluding hydrogens is 559 g/mol. The maximum atomic E-state index is 12.2. The molecule has 0 saturated heterocycles. The minimum Gasteiger partial charge on any atom is -0.461 e. The quantitative estimate of drug-likeness (QED) is 0.145. The van der Waals surface area contributed by atoms with E-state index in [1.165, 1.54) is 0 Å². The summed E-state index contributed by atoms with van der Waals surface area (Å²) in [5, 5.41) is 8.11. The second-order valence-corrected chi connectivity index (χ2v) is 8.99. The van der Waals surface area contributed by atoms with Gasteiger partial charge in [-0.1, -0.05) is 40.6 Å². The molecule has 0 aliphatic carbocycles. The van der Waals surface area contributed by atoms with Crippen molar-refractivity contribution in [3.8, 4) is 45.7 Å². The van der Waals surface area contributed by atoms with Gasteiger partial charge in [-0.05, 0) is 42.5 Å². The smallest absolute Gasteiger partial charge is 0.338 e. The molecule has 5 rings (SSSR count). The lowest BCUT2D eigenvalue weighted by atomic mass is 10.1. The van der Waals surface area contributed by atoms with Gasteiger partial charge < -0.3 is 18.5 Å². The van der Waals surface area contributed by atoms with Gasteiger partial charge in [-0.3, -0.25) is 0 Å². The Bertz CT molecular complexity index is 1530. The molecule has 0 amide bonds. The van der Waals surface area contributed by atoms with Gasteiger partial charge in [0.25, 0.3) is 11.8 Å². The Hall–Kier alpha value is -4.54. The van der Waals surface area contributed by atoms with Gasteiger partial charge in [-0.15, -0.1) is 23.2 Å². The predicted molar refractivity (Wildman–Crippen MR) is 146 cm³/mol. The van der Waals surface area contributed by atoms with Gasteiger partial charge in [0, 0.05) is 22.3 Å². The van der Waals surface area contributed by atoms with E-state index in [4.69, 9.17) is 41.7 Å². The predicted octanol–water partition coefficient (Wildman–Crippen LogP) is 5.91. The minimum atomic E-state index is -0.490. The number of aromatic nitrogens is 4. The van der Waals surface area contributed by atoms with E-state index in [2.05, 4.69) is 20.3 Å². The number of rotatable bonds is 10. The SMILES string of the molecule is O=C(OCCCl)c1cccc(-c2noc(-c3cccc(-c4nc(-c5cccc(C(=O)OCCCl)c5)no4)c3)n2)c1. The number of alkyl halides is 2. The van der Waals surface area contributed by atoms with Crippen LogP contribution < -0.4 is 0 Å². The average Bonchev–Trinajstić information content (AvgIpc) is 3.70. The summed E-state index contributed by atoms with van der Waals surface area (Å²) in [5.74, 6) is 0.566. The summed E-state index contributed by atoms with van der Waals surface area (Å²) in [5.41, 5.74) is 3.11. The number of benzene rings is 3. The van der Waals surface area contributed by atoms with Crippen LogP contribution in [-0.2, 0) is 9.47 Å². The molecule has 2 aromatic heterocycles. The highest BCUT2D eigenvalue weighted by Crippen LogP contribution is 2.28. The van der Waals surface area contributed by atoms with Crippen molar-refractivity contribution in [2.45, 2.75) is 0 Å². The Labute approximate surface area is 237 Å². The second kappa shape index (κ2) is 12.5. The molecule has 0 radical (unpaired) electrons. The Morgan fingerprint density at radius 2 is 1.05 bits per heavy atom. The lowest BCUT2D eigenvalue weighted by Crippen LogP contribution is -2.07. The molecule has 0 atom stereocenters. The Morgan fingerprint density at radius 1 is 0.625 bits per heavy atom. The van der Waals surface area contributed by atoms with E-state index in [9.17, 15) is 9.59 Å². The Kier molecular flexibility index (Phi) is 8.48. The molecule has 0 N–H and O–H groups in total. The number of ether oxygens (including phenoxy) is 2. The van der Waals surface area contributed by atoms with Crippen LogP contribution in [0.3, 0.4) is 0 Å². The number of esters is 2. The van der Waals surface area contributed by atoms with Gasteiger partial charge >= 0.3 is 11.9 Å². The van der Waals surface area contributed by atoms with E-state index in [1.54, 1.807) is 72.8 Å². The molecule has 5 aromatic rings. The first-order valence-corrected chi connectivity index (χ1v) is 13.1. The molecule has 0 bridgehead atoms. The summed E-state index contributed by atoms with van der Waals surface area (Å²) in [6, 6.07) is 20.6. The van der Waals surface area contributed by atoms with Crippen molar-refractivity contribution in [3.63, 3.8) is 0 Å². The molecule has 202 valence electrons. The minimum absolute atomic E-state index is 0.116. The average molecular weight is 579 g/mol.